The number of hydrogen-bond donors (Lipinski definition) is 2. The summed E-state index contributed by atoms with van der Waals surface area (Å²) in [5, 5.41) is 4.92. The van der Waals surface area contributed by atoms with Crippen LogP contribution in [0.5, 0.6) is 0 Å². The van der Waals surface area contributed by atoms with Gasteiger partial charge in [-0.05, 0) is 43.2 Å². The van der Waals surface area contributed by atoms with Gasteiger partial charge in [0, 0.05) is 23.5 Å². The van der Waals surface area contributed by atoms with Crippen LogP contribution in [-0.2, 0) is 11.0 Å². The van der Waals surface area contributed by atoms with E-state index in [1.54, 1.807) is 6.92 Å². The first-order valence-corrected chi connectivity index (χ1v) is 8.31. The number of allylic oxidation sites excluding steroid dienone is 1. The van der Waals surface area contributed by atoms with Crippen molar-refractivity contribution in [1.29, 1.82) is 0 Å². The highest BCUT2D eigenvalue weighted by Crippen LogP contribution is 2.36. The summed E-state index contributed by atoms with van der Waals surface area (Å²) < 4.78 is 65.6. The Hall–Kier alpha value is -2.97. The van der Waals surface area contributed by atoms with E-state index < -0.39 is 35.1 Å². The van der Waals surface area contributed by atoms with Crippen molar-refractivity contribution >= 4 is 17.3 Å². The summed E-state index contributed by atoms with van der Waals surface area (Å²) in [5.74, 6) is -2.58. The van der Waals surface area contributed by atoms with E-state index in [9.17, 15) is 26.7 Å². The number of nitrogens with one attached hydrogen (secondary N) is 2. The van der Waals surface area contributed by atoms with Crippen LogP contribution in [0.4, 0.5) is 33.3 Å². The molecular formula is C19H18F5N3O. The molecule has 0 fully saturated rings. The molecule has 0 aliphatic carbocycles. The minimum absolute atomic E-state index is 0.110. The number of hydrogen-bond acceptors (Lipinski definition) is 3. The lowest BCUT2D eigenvalue weighted by atomic mass is 10.0. The Kier molecular flexibility index (Phi) is 6.71. The molecule has 1 aromatic heterocycles. The van der Waals surface area contributed by atoms with Crippen LogP contribution >= 0.6 is 0 Å². The molecule has 0 radical (unpaired) electrons. The molecule has 9 heteroatoms. The van der Waals surface area contributed by atoms with Gasteiger partial charge < -0.3 is 10.6 Å². The zero-order valence-corrected chi connectivity index (χ0v) is 14.9. The fourth-order valence-electron chi connectivity index (χ4n) is 2.35. The van der Waals surface area contributed by atoms with Gasteiger partial charge in [0.15, 0.2) is 0 Å². The van der Waals surface area contributed by atoms with Crippen molar-refractivity contribution < 1.29 is 26.7 Å². The summed E-state index contributed by atoms with van der Waals surface area (Å²) in [6.07, 6.45) is -3.64. The molecule has 1 amide bonds. The Balaban J connectivity index is 1.93. The summed E-state index contributed by atoms with van der Waals surface area (Å²) in [6, 6.07) is 5.88. The Morgan fingerprint density at radius 2 is 1.79 bits per heavy atom. The van der Waals surface area contributed by atoms with Crippen LogP contribution in [0.3, 0.4) is 0 Å². The summed E-state index contributed by atoms with van der Waals surface area (Å²) in [6.45, 7) is 5.22. The van der Waals surface area contributed by atoms with Crippen LogP contribution in [-0.4, -0.2) is 10.9 Å². The van der Waals surface area contributed by atoms with E-state index in [2.05, 4.69) is 22.2 Å². The molecule has 0 aliphatic rings. The van der Waals surface area contributed by atoms with Crippen molar-refractivity contribution in [3.63, 3.8) is 0 Å². The van der Waals surface area contributed by atoms with Gasteiger partial charge in [0.25, 0.3) is 0 Å². The van der Waals surface area contributed by atoms with Gasteiger partial charge in [0.2, 0.25) is 11.9 Å². The fourth-order valence-corrected chi connectivity index (χ4v) is 2.35. The van der Waals surface area contributed by atoms with Gasteiger partial charge in [-0.25, -0.2) is 9.37 Å². The highest BCUT2D eigenvalue weighted by molar-refractivity contribution is 5.92. The molecule has 2 N–H and O–H groups in total. The van der Waals surface area contributed by atoms with Crippen LogP contribution in [0, 0.1) is 17.7 Å². The predicted octanol–water partition coefficient (Wildman–Crippen LogP) is 5.36. The first-order chi connectivity index (χ1) is 13.1. The molecule has 1 heterocycles. The first-order valence-electron chi connectivity index (χ1n) is 8.31. The summed E-state index contributed by atoms with van der Waals surface area (Å²) in [4.78, 5) is 15.4. The number of rotatable bonds is 7. The molecular weight excluding hydrogens is 381 g/mol. The first kappa shape index (κ1) is 21.3. The SMILES string of the molecule is C=C(CCC(C)C(=O)Nc1ccc(F)cc1)Nc1c(C(F)(F)F)ccnc1F. The molecule has 0 aliphatic heterocycles. The third-order valence-corrected chi connectivity index (χ3v) is 3.95. The monoisotopic (exact) mass is 399 g/mol. The Labute approximate surface area is 158 Å². The maximum absolute atomic E-state index is 13.7. The average molecular weight is 399 g/mol. The van der Waals surface area contributed by atoms with Crippen molar-refractivity contribution in [1.82, 2.24) is 4.98 Å². The molecule has 0 bridgehead atoms. The van der Waals surface area contributed by atoms with E-state index in [0.29, 0.717) is 11.8 Å². The maximum Gasteiger partial charge on any atom is 0.418 e. The second-order valence-electron chi connectivity index (χ2n) is 6.19. The molecule has 1 aromatic carbocycles. The zero-order chi connectivity index (χ0) is 20.9. The predicted molar refractivity (Wildman–Crippen MR) is 95.4 cm³/mol. The Bertz CT molecular complexity index is 850. The number of halogens is 5. The van der Waals surface area contributed by atoms with E-state index in [1.807, 2.05) is 0 Å². The number of alkyl halides is 3. The fraction of sp³-hybridized carbons (Fsp3) is 0.263. The van der Waals surface area contributed by atoms with Crippen molar-refractivity contribution in [2.75, 3.05) is 10.6 Å². The highest BCUT2D eigenvalue weighted by atomic mass is 19.4. The van der Waals surface area contributed by atoms with E-state index >= 15 is 0 Å². The van der Waals surface area contributed by atoms with Crippen LogP contribution in [0.2, 0.25) is 0 Å². The third kappa shape index (κ3) is 5.77. The third-order valence-electron chi connectivity index (χ3n) is 3.95. The van der Waals surface area contributed by atoms with Gasteiger partial charge in [-0.15, -0.1) is 0 Å². The van der Waals surface area contributed by atoms with E-state index in [1.165, 1.54) is 24.3 Å². The molecule has 2 rings (SSSR count). The Morgan fingerprint density at radius 1 is 1.14 bits per heavy atom. The molecule has 1 unspecified atom stereocenters. The molecule has 28 heavy (non-hydrogen) atoms. The normalized spacial score (nSPS) is 12.4. The van der Waals surface area contributed by atoms with Gasteiger partial charge in [0.1, 0.15) is 11.5 Å². The second kappa shape index (κ2) is 8.81. The number of nitrogens with zero attached hydrogens (tertiary/aromatic N) is 1. The molecule has 0 saturated heterocycles. The lowest BCUT2D eigenvalue weighted by Crippen LogP contribution is -2.21. The van der Waals surface area contributed by atoms with Gasteiger partial charge in [-0.3, -0.25) is 4.79 Å². The Morgan fingerprint density at radius 3 is 2.39 bits per heavy atom. The van der Waals surface area contributed by atoms with Crippen molar-refractivity contribution in [2.45, 2.75) is 25.9 Å². The number of benzene rings is 1. The van der Waals surface area contributed by atoms with Crippen LogP contribution in [0.1, 0.15) is 25.3 Å². The van der Waals surface area contributed by atoms with Gasteiger partial charge in [0.05, 0.1) is 5.56 Å². The number of anilines is 2. The minimum Gasteiger partial charge on any atom is -0.355 e. The lowest BCUT2D eigenvalue weighted by Gasteiger charge is -2.17. The minimum atomic E-state index is -4.76. The van der Waals surface area contributed by atoms with Gasteiger partial charge in [-0.2, -0.15) is 17.6 Å². The number of pyridine rings is 1. The summed E-state index contributed by atoms with van der Waals surface area (Å²) >= 11 is 0. The molecule has 0 saturated carbocycles. The summed E-state index contributed by atoms with van der Waals surface area (Å²) in [7, 11) is 0. The average Bonchev–Trinajstić information content (AvgIpc) is 2.62. The smallest absolute Gasteiger partial charge is 0.355 e. The summed E-state index contributed by atoms with van der Waals surface area (Å²) in [5.41, 5.74) is -1.46. The van der Waals surface area contributed by atoms with Crippen molar-refractivity contribution in [2.24, 2.45) is 5.92 Å². The van der Waals surface area contributed by atoms with Gasteiger partial charge >= 0.3 is 6.18 Å². The molecule has 150 valence electrons. The van der Waals surface area contributed by atoms with E-state index in [4.69, 9.17) is 0 Å². The standard InChI is InChI=1S/C19H18F5N3O/c1-11(18(28)27-14-7-5-13(20)6-8-14)3-4-12(2)26-16-15(19(22,23)24)9-10-25-17(16)21/h5-11,26H,2-4H2,1H3,(H,27,28). The largest absolute Gasteiger partial charge is 0.418 e. The second-order valence-corrected chi connectivity index (χ2v) is 6.19. The van der Waals surface area contributed by atoms with Gasteiger partial charge in [-0.1, -0.05) is 13.5 Å². The van der Waals surface area contributed by atoms with E-state index in [0.717, 1.165) is 6.20 Å². The van der Waals surface area contributed by atoms with Crippen molar-refractivity contribution in [3.8, 4) is 0 Å². The quantitative estimate of drug-likeness (QED) is 0.487. The highest BCUT2D eigenvalue weighted by Gasteiger charge is 2.35. The van der Waals surface area contributed by atoms with E-state index in [-0.39, 0.29) is 24.4 Å². The molecule has 0 spiro atoms. The number of aromatic nitrogens is 1. The van der Waals surface area contributed by atoms with Crippen molar-refractivity contribution in [3.05, 3.63) is 66.1 Å². The van der Waals surface area contributed by atoms with Crippen LogP contribution in [0.15, 0.2) is 48.8 Å². The number of amides is 1. The number of carbonyl (C=O) groups is 1. The molecule has 4 nitrogen and oxygen atoms in total. The molecule has 2 aromatic rings. The lowest BCUT2D eigenvalue weighted by molar-refractivity contribution is -0.137. The number of carbonyl (C=O) groups excluding carboxylic acids is 1. The maximum atomic E-state index is 13.7. The van der Waals surface area contributed by atoms with Crippen LogP contribution < -0.4 is 10.6 Å². The molecule has 1 atom stereocenters. The zero-order valence-electron chi connectivity index (χ0n) is 14.9. The topological polar surface area (TPSA) is 54.0 Å². The van der Waals surface area contributed by atoms with Crippen LogP contribution in [0.25, 0.3) is 0 Å².